The van der Waals surface area contributed by atoms with Crippen LogP contribution in [0.15, 0.2) is 18.7 Å². The highest BCUT2D eigenvalue weighted by Gasteiger charge is 2.44. The van der Waals surface area contributed by atoms with E-state index < -0.39 is 43.9 Å². The third-order valence-electron chi connectivity index (χ3n) is 4.68. The van der Waals surface area contributed by atoms with Gasteiger partial charge in [0, 0.05) is 13.2 Å². The van der Waals surface area contributed by atoms with Gasteiger partial charge in [-0.2, -0.15) is 28.2 Å². The summed E-state index contributed by atoms with van der Waals surface area (Å²) in [5.74, 6) is -0.187. The summed E-state index contributed by atoms with van der Waals surface area (Å²) < 4.78 is 39.8. The number of carbonyl (C=O) groups is 1. The van der Waals surface area contributed by atoms with Gasteiger partial charge >= 0.3 is 6.18 Å². The summed E-state index contributed by atoms with van der Waals surface area (Å²) >= 11 is 0. The number of aliphatic hydroxyl groups excluding tert-OH is 4. The van der Waals surface area contributed by atoms with Crippen molar-refractivity contribution in [2.24, 2.45) is 0 Å². The van der Waals surface area contributed by atoms with Crippen LogP contribution in [0.4, 0.5) is 19.0 Å². The van der Waals surface area contributed by atoms with Gasteiger partial charge in [0.1, 0.15) is 30.4 Å². The number of hydrogen-bond donors (Lipinski definition) is 6. The van der Waals surface area contributed by atoms with Gasteiger partial charge in [0.05, 0.1) is 24.7 Å². The van der Waals surface area contributed by atoms with Crippen LogP contribution in [0.1, 0.15) is 16.6 Å². The zero-order chi connectivity index (χ0) is 25.2. The van der Waals surface area contributed by atoms with Crippen molar-refractivity contribution in [2.45, 2.75) is 30.7 Å². The van der Waals surface area contributed by atoms with Gasteiger partial charge in [-0.15, -0.1) is 0 Å². The van der Waals surface area contributed by atoms with Gasteiger partial charge < -0.3 is 36.2 Å². The van der Waals surface area contributed by atoms with Crippen LogP contribution < -0.4 is 11.1 Å². The molecule has 3 aromatic heterocycles. The Labute approximate surface area is 188 Å². The number of imidazole rings is 1. The van der Waals surface area contributed by atoms with Crippen LogP contribution in [0.25, 0.3) is 17.1 Å². The Hall–Kier alpha value is -3.38. The van der Waals surface area contributed by atoms with E-state index in [2.05, 4.69) is 25.4 Å². The average molecular weight is 490 g/mol. The molecule has 1 fully saturated rings. The molecular weight excluding hydrogens is 469 g/mol. The van der Waals surface area contributed by atoms with Crippen molar-refractivity contribution < 1.29 is 43.1 Å². The molecule has 186 valence electrons. The molecule has 1 amide bonds. The number of carbonyl (C=O) groups excluding carboxylic acids is 1. The third-order valence-corrected chi connectivity index (χ3v) is 4.68. The molecule has 3 aromatic rings. The molecule has 4 atom stereocenters. The molecule has 1 saturated heterocycles. The summed E-state index contributed by atoms with van der Waals surface area (Å²) in [6.45, 7) is -2.19. The quantitative estimate of drug-likeness (QED) is 0.238. The van der Waals surface area contributed by atoms with Crippen LogP contribution in [0.2, 0.25) is 0 Å². The van der Waals surface area contributed by atoms with Gasteiger partial charge in [-0.25, -0.2) is 9.67 Å². The van der Waals surface area contributed by atoms with Crippen molar-refractivity contribution >= 4 is 22.9 Å². The van der Waals surface area contributed by atoms with E-state index in [4.69, 9.17) is 15.6 Å². The number of halogens is 3. The molecule has 0 radical (unpaired) electrons. The predicted molar refractivity (Wildman–Crippen MR) is 106 cm³/mol. The number of alkyl halides is 3. The Morgan fingerprint density at radius 1 is 1.26 bits per heavy atom. The molecule has 7 N–H and O–H groups in total. The maximum absolute atomic E-state index is 11.7. The number of nitrogen functional groups attached to an aromatic ring is 1. The minimum atomic E-state index is -4.40. The lowest BCUT2D eigenvalue weighted by atomic mass is 10.1. The Kier molecular flexibility index (Phi) is 7.32. The number of anilines is 1. The number of nitrogens with zero attached hydrogens (tertiary/aromatic N) is 6. The second-order valence-electron chi connectivity index (χ2n) is 6.99. The van der Waals surface area contributed by atoms with Gasteiger partial charge in [0.25, 0.3) is 11.9 Å². The highest BCUT2D eigenvalue weighted by Crippen LogP contribution is 2.32. The molecule has 0 spiro atoms. The molecular formula is C17H21F3N8O6. The second kappa shape index (κ2) is 9.85. The van der Waals surface area contributed by atoms with Crippen molar-refractivity contribution in [1.82, 2.24) is 34.6 Å². The van der Waals surface area contributed by atoms with E-state index in [0.29, 0.717) is 5.56 Å². The number of amides is 1. The number of fused-ring (bicyclic) bond motifs is 1. The highest BCUT2D eigenvalue weighted by molar-refractivity contribution is 5.93. The molecule has 0 bridgehead atoms. The van der Waals surface area contributed by atoms with Gasteiger partial charge in [-0.3, -0.25) is 9.36 Å². The third kappa shape index (κ3) is 5.07. The number of nitrogens with one attached hydrogen (secondary N) is 1. The molecule has 4 rings (SSSR count). The summed E-state index contributed by atoms with van der Waals surface area (Å²) in [5, 5.41) is 43.4. The standard InChI is InChI=1S/C15H18N8O5.C2H3F3O/c1-17-13(27)6-2-19-23(3-6)15-20-11(16)8-12(21-15)22(5-18-8)14-10(26)9(25)7(4-24)28-14;3-2(4,5)1-6/h2-3,5,7,9-10,14,24-26H,4H2,1H3,(H,17,27)(H2,16,20,21);6H,1H2/t7-,9-,10-,14-;/m1./s1. The Morgan fingerprint density at radius 2 is 1.94 bits per heavy atom. The number of aromatic nitrogens is 6. The van der Waals surface area contributed by atoms with E-state index in [0.717, 1.165) is 0 Å². The first kappa shape index (κ1) is 25.2. The van der Waals surface area contributed by atoms with Gasteiger partial charge in [-0.05, 0) is 0 Å². The number of rotatable bonds is 4. The Morgan fingerprint density at radius 3 is 2.50 bits per heavy atom. The Balaban J connectivity index is 0.000000481. The van der Waals surface area contributed by atoms with Crippen LogP contribution in [-0.2, 0) is 4.74 Å². The molecule has 34 heavy (non-hydrogen) atoms. The molecule has 14 nitrogen and oxygen atoms in total. The number of nitrogens with two attached hydrogens (primary N) is 1. The second-order valence-corrected chi connectivity index (χ2v) is 6.99. The average Bonchev–Trinajstić information content (AvgIpc) is 3.52. The molecule has 17 heteroatoms. The number of hydrogen-bond acceptors (Lipinski definition) is 11. The van der Waals surface area contributed by atoms with Crippen molar-refractivity contribution in [3.05, 3.63) is 24.3 Å². The van der Waals surface area contributed by atoms with E-state index in [9.17, 15) is 33.3 Å². The van der Waals surface area contributed by atoms with Crippen molar-refractivity contribution in [3.63, 3.8) is 0 Å². The monoisotopic (exact) mass is 490 g/mol. The van der Waals surface area contributed by atoms with Gasteiger partial charge in [0.15, 0.2) is 17.7 Å². The first-order valence-electron chi connectivity index (χ1n) is 9.58. The number of aliphatic hydroxyl groups is 4. The van der Waals surface area contributed by atoms with E-state index in [-0.39, 0.29) is 28.8 Å². The van der Waals surface area contributed by atoms with E-state index >= 15 is 0 Å². The number of ether oxygens (including phenoxy) is 1. The maximum Gasteiger partial charge on any atom is 0.411 e. The van der Waals surface area contributed by atoms with Crippen molar-refractivity contribution in [1.29, 1.82) is 0 Å². The largest absolute Gasteiger partial charge is 0.411 e. The minimum Gasteiger partial charge on any atom is -0.394 e. The molecule has 0 unspecified atom stereocenters. The molecule has 0 saturated carbocycles. The molecule has 0 aromatic carbocycles. The van der Waals surface area contributed by atoms with Crippen molar-refractivity contribution in [2.75, 3.05) is 26.0 Å². The summed E-state index contributed by atoms with van der Waals surface area (Å²) in [5.41, 5.74) is 6.78. The van der Waals surface area contributed by atoms with Crippen LogP contribution in [0, 0.1) is 0 Å². The van der Waals surface area contributed by atoms with Crippen LogP contribution in [-0.4, -0.2) is 100 Å². The van der Waals surface area contributed by atoms with E-state index in [1.165, 1.54) is 35.0 Å². The van der Waals surface area contributed by atoms with Crippen molar-refractivity contribution in [3.8, 4) is 5.95 Å². The smallest absolute Gasteiger partial charge is 0.394 e. The molecule has 1 aliphatic heterocycles. The zero-order valence-electron chi connectivity index (χ0n) is 17.5. The van der Waals surface area contributed by atoms with Crippen LogP contribution in [0.3, 0.4) is 0 Å². The highest BCUT2D eigenvalue weighted by atomic mass is 19.4. The summed E-state index contributed by atoms with van der Waals surface area (Å²) in [7, 11) is 1.50. The maximum atomic E-state index is 11.7. The SMILES string of the molecule is CNC(=O)c1cnn(-c2nc(N)c3ncn([C@@H]4O[C@H](CO)[C@@H](O)[C@H]4O)c3n2)c1.OCC(F)(F)F. The fourth-order valence-electron chi connectivity index (χ4n) is 3.02. The molecule has 4 heterocycles. The summed E-state index contributed by atoms with van der Waals surface area (Å²) in [6.07, 6.45) is -4.82. The van der Waals surface area contributed by atoms with Gasteiger partial charge in [-0.1, -0.05) is 0 Å². The van der Waals surface area contributed by atoms with Crippen LogP contribution >= 0.6 is 0 Å². The van der Waals surface area contributed by atoms with Crippen LogP contribution in [0.5, 0.6) is 0 Å². The minimum absolute atomic E-state index is 0.0579. The lowest BCUT2D eigenvalue weighted by molar-refractivity contribution is -0.159. The summed E-state index contributed by atoms with van der Waals surface area (Å²) in [4.78, 5) is 24.4. The molecule has 0 aliphatic carbocycles. The van der Waals surface area contributed by atoms with E-state index in [1.807, 2.05) is 0 Å². The fraction of sp³-hybridized carbons (Fsp3) is 0.471. The Bertz CT molecular complexity index is 1150. The lowest BCUT2D eigenvalue weighted by Gasteiger charge is -2.16. The van der Waals surface area contributed by atoms with E-state index in [1.54, 1.807) is 0 Å². The first-order valence-corrected chi connectivity index (χ1v) is 9.58. The predicted octanol–water partition coefficient (Wildman–Crippen LogP) is -1.89. The normalized spacial score (nSPS) is 22.5. The summed E-state index contributed by atoms with van der Waals surface area (Å²) in [6, 6.07) is 0. The fourth-order valence-corrected chi connectivity index (χ4v) is 3.02. The zero-order valence-corrected chi connectivity index (χ0v) is 17.5. The topological polar surface area (TPSA) is 207 Å². The van der Waals surface area contributed by atoms with Gasteiger partial charge in [0.2, 0.25) is 0 Å². The molecule has 1 aliphatic rings. The lowest BCUT2D eigenvalue weighted by Crippen LogP contribution is -2.33. The first-order chi connectivity index (χ1) is 16.0.